The van der Waals surface area contributed by atoms with Gasteiger partial charge in [0.05, 0.1) is 0 Å². The second-order valence-corrected chi connectivity index (χ2v) is 4.07. The van der Waals surface area contributed by atoms with Gasteiger partial charge >= 0.3 is 0 Å². The van der Waals surface area contributed by atoms with Crippen LogP contribution in [0.5, 0.6) is 0 Å². The summed E-state index contributed by atoms with van der Waals surface area (Å²) in [6.07, 6.45) is 1.73. The Bertz CT molecular complexity index is 324. The molecule has 0 spiro atoms. The van der Waals surface area contributed by atoms with Gasteiger partial charge in [-0.25, -0.2) is 4.98 Å². The van der Waals surface area contributed by atoms with Crippen LogP contribution in [0.4, 0.5) is 11.8 Å². The number of hydrogen-bond acceptors (Lipinski definition) is 5. The van der Waals surface area contributed by atoms with Crippen molar-refractivity contribution < 1.29 is 0 Å². The maximum Gasteiger partial charge on any atom is 0.221 e. The Morgan fingerprint density at radius 2 is 2.20 bits per heavy atom. The Hall–Kier alpha value is -1.36. The van der Waals surface area contributed by atoms with E-state index in [0.717, 1.165) is 17.9 Å². The minimum absolute atomic E-state index is 0.306. The summed E-state index contributed by atoms with van der Waals surface area (Å²) in [7, 11) is 4.08. The van der Waals surface area contributed by atoms with Crippen molar-refractivity contribution >= 4 is 11.8 Å². The monoisotopic (exact) mass is 209 g/mol. The van der Waals surface area contributed by atoms with Crippen LogP contribution in [0, 0.1) is 6.92 Å². The van der Waals surface area contributed by atoms with Crippen LogP contribution in [0.15, 0.2) is 6.20 Å². The molecule has 1 atom stereocenters. The molecule has 1 heterocycles. The predicted octanol–water partition coefficient (Wildman–Crippen LogP) is 0.729. The van der Waals surface area contributed by atoms with Gasteiger partial charge in [0.15, 0.2) is 0 Å². The lowest BCUT2D eigenvalue weighted by Gasteiger charge is -2.19. The normalized spacial score (nSPS) is 12.9. The van der Waals surface area contributed by atoms with E-state index in [2.05, 4.69) is 27.1 Å². The van der Waals surface area contributed by atoms with Gasteiger partial charge in [0.25, 0.3) is 0 Å². The van der Waals surface area contributed by atoms with E-state index >= 15 is 0 Å². The summed E-state index contributed by atoms with van der Waals surface area (Å²) >= 11 is 0. The molecule has 84 valence electrons. The Morgan fingerprint density at radius 1 is 1.53 bits per heavy atom. The lowest BCUT2D eigenvalue weighted by molar-refractivity contribution is 0.392. The van der Waals surface area contributed by atoms with Crippen LogP contribution >= 0.6 is 0 Å². The molecule has 0 radical (unpaired) electrons. The van der Waals surface area contributed by atoms with E-state index in [-0.39, 0.29) is 0 Å². The lowest BCUT2D eigenvalue weighted by Crippen LogP contribution is -2.30. The molecular formula is C10H19N5. The van der Waals surface area contributed by atoms with E-state index in [9.17, 15) is 0 Å². The summed E-state index contributed by atoms with van der Waals surface area (Å²) in [5, 5.41) is 3.31. The molecule has 1 aromatic rings. The molecule has 0 bridgehead atoms. The second-order valence-electron chi connectivity index (χ2n) is 4.07. The Morgan fingerprint density at radius 3 is 2.80 bits per heavy atom. The quantitative estimate of drug-likeness (QED) is 0.765. The molecule has 1 unspecified atom stereocenters. The first-order chi connectivity index (χ1) is 6.99. The highest BCUT2D eigenvalue weighted by atomic mass is 15.1. The third-order valence-corrected chi connectivity index (χ3v) is 2.01. The Balaban J connectivity index is 2.67. The molecule has 15 heavy (non-hydrogen) atoms. The number of rotatable bonds is 4. The van der Waals surface area contributed by atoms with Crippen molar-refractivity contribution in [3.05, 3.63) is 11.8 Å². The van der Waals surface area contributed by atoms with E-state index in [0.29, 0.717) is 12.0 Å². The largest absolute Gasteiger partial charge is 0.368 e. The molecule has 3 N–H and O–H groups in total. The molecule has 0 saturated heterocycles. The average molecular weight is 209 g/mol. The lowest BCUT2D eigenvalue weighted by atomic mass is 10.3. The zero-order valence-electron chi connectivity index (χ0n) is 9.78. The summed E-state index contributed by atoms with van der Waals surface area (Å²) < 4.78 is 0. The van der Waals surface area contributed by atoms with Gasteiger partial charge in [0, 0.05) is 24.3 Å². The van der Waals surface area contributed by atoms with Crippen LogP contribution < -0.4 is 11.1 Å². The molecule has 0 amide bonds. The number of nitrogens with zero attached hydrogens (tertiary/aromatic N) is 3. The highest BCUT2D eigenvalue weighted by molar-refractivity contribution is 5.45. The third kappa shape index (κ3) is 3.71. The first-order valence-electron chi connectivity index (χ1n) is 4.99. The smallest absolute Gasteiger partial charge is 0.221 e. The van der Waals surface area contributed by atoms with E-state index in [1.54, 1.807) is 6.20 Å². The van der Waals surface area contributed by atoms with Crippen LogP contribution in [-0.2, 0) is 0 Å². The van der Waals surface area contributed by atoms with Crippen molar-refractivity contribution in [1.82, 2.24) is 14.9 Å². The van der Waals surface area contributed by atoms with Crippen molar-refractivity contribution in [2.75, 3.05) is 31.7 Å². The number of hydrogen-bond donors (Lipinski definition) is 2. The van der Waals surface area contributed by atoms with Crippen molar-refractivity contribution in [3.8, 4) is 0 Å². The van der Waals surface area contributed by atoms with E-state index in [1.807, 2.05) is 21.0 Å². The van der Waals surface area contributed by atoms with E-state index in [1.165, 1.54) is 0 Å². The van der Waals surface area contributed by atoms with Gasteiger partial charge in [0.1, 0.15) is 5.82 Å². The molecule has 0 aliphatic heterocycles. The summed E-state index contributed by atoms with van der Waals surface area (Å²) in [6.45, 7) is 5.02. The minimum atomic E-state index is 0.306. The predicted molar refractivity (Wildman–Crippen MR) is 62.8 cm³/mol. The van der Waals surface area contributed by atoms with Gasteiger partial charge in [-0.3, -0.25) is 0 Å². The van der Waals surface area contributed by atoms with Gasteiger partial charge in [-0.15, -0.1) is 0 Å². The second kappa shape index (κ2) is 4.93. The SMILES string of the molecule is Cc1cnc(N)nc1NC(C)CN(C)C. The molecule has 5 nitrogen and oxygen atoms in total. The molecule has 1 aromatic heterocycles. The molecule has 0 aliphatic rings. The van der Waals surface area contributed by atoms with Gasteiger partial charge in [-0.2, -0.15) is 4.98 Å². The first-order valence-corrected chi connectivity index (χ1v) is 4.99. The fourth-order valence-electron chi connectivity index (χ4n) is 1.43. The van der Waals surface area contributed by atoms with Crippen LogP contribution in [0.1, 0.15) is 12.5 Å². The number of nitrogens with one attached hydrogen (secondary N) is 1. The molecule has 5 heteroatoms. The fraction of sp³-hybridized carbons (Fsp3) is 0.600. The van der Waals surface area contributed by atoms with Crippen LogP contribution in [0.3, 0.4) is 0 Å². The van der Waals surface area contributed by atoms with Gasteiger partial charge in [-0.05, 0) is 27.9 Å². The Labute approximate surface area is 90.7 Å². The van der Waals surface area contributed by atoms with Crippen LogP contribution in [-0.4, -0.2) is 41.5 Å². The standard InChI is InChI=1S/C10H19N5/c1-7-5-12-10(11)14-9(7)13-8(2)6-15(3)4/h5,8H,6H2,1-4H3,(H3,11,12,13,14). The summed E-state index contributed by atoms with van der Waals surface area (Å²) in [5.41, 5.74) is 6.54. The number of likely N-dealkylation sites (N-methyl/N-ethyl adjacent to an activating group) is 1. The van der Waals surface area contributed by atoms with Gasteiger partial charge < -0.3 is 16.0 Å². The number of anilines is 2. The molecular weight excluding hydrogens is 190 g/mol. The fourth-order valence-corrected chi connectivity index (χ4v) is 1.43. The zero-order valence-corrected chi connectivity index (χ0v) is 9.78. The zero-order chi connectivity index (χ0) is 11.4. The van der Waals surface area contributed by atoms with Crippen LogP contribution in [0.2, 0.25) is 0 Å². The first kappa shape index (κ1) is 11.7. The number of aryl methyl sites for hydroxylation is 1. The number of nitrogen functional groups attached to an aromatic ring is 1. The van der Waals surface area contributed by atoms with Gasteiger partial charge in [-0.1, -0.05) is 0 Å². The summed E-state index contributed by atoms with van der Waals surface area (Å²) in [5.74, 6) is 1.12. The van der Waals surface area contributed by atoms with Crippen molar-refractivity contribution in [1.29, 1.82) is 0 Å². The maximum atomic E-state index is 5.53. The Kier molecular flexibility index (Phi) is 3.85. The van der Waals surface area contributed by atoms with Crippen molar-refractivity contribution in [3.63, 3.8) is 0 Å². The molecule has 0 fully saturated rings. The average Bonchev–Trinajstić information content (AvgIpc) is 2.10. The third-order valence-electron chi connectivity index (χ3n) is 2.01. The van der Waals surface area contributed by atoms with E-state index < -0.39 is 0 Å². The maximum absolute atomic E-state index is 5.53. The minimum Gasteiger partial charge on any atom is -0.368 e. The molecule has 0 aromatic carbocycles. The van der Waals surface area contributed by atoms with Gasteiger partial charge in [0.2, 0.25) is 5.95 Å². The molecule has 1 rings (SSSR count). The van der Waals surface area contributed by atoms with Crippen molar-refractivity contribution in [2.24, 2.45) is 0 Å². The number of aromatic nitrogens is 2. The summed E-state index contributed by atoms with van der Waals surface area (Å²) in [6, 6.07) is 0.327. The molecule has 0 aliphatic carbocycles. The van der Waals surface area contributed by atoms with E-state index in [4.69, 9.17) is 5.73 Å². The number of nitrogens with two attached hydrogens (primary N) is 1. The molecule has 0 saturated carbocycles. The summed E-state index contributed by atoms with van der Waals surface area (Å²) in [4.78, 5) is 10.2. The van der Waals surface area contributed by atoms with Crippen LogP contribution in [0.25, 0.3) is 0 Å². The topological polar surface area (TPSA) is 67.1 Å². The highest BCUT2D eigenvalue weighted by Gasteiger charge is 2.07. The van der Waals surface area contributed by atoms with Crippen molar-refractivity contribution in [2.45, 2.75) is 19.9 Å². The highest BCUT2D eigenvalue weighted by Crippen LogP contribution is 2.12.